The smallest absolute Gasteiger partial charge is 0.182 e. The summed E-state index contributed by atoms with van der Waals surface area (Å²) in [5.74, 6) is 2.51. The molecule has 0 atom stereocenters. The summed E-state index contributed by atoms with van der Waals surface area (Å²) in [6, 6.07) is 33.3. The van der Waals surface area contributed by atoms with Crippen molar-refractivity contribution in [1.82, 2.24) is 9.88 Å². The summed E-state index contributed by atoms with van der Waals surface area (Å²) in [5, 5.41) is 0. The van der Waals surface area contributed by atoms with Gasteiger partial charge in [-0.05, 0) is 66.2 Å². The van der Waals surface area contributed by atoms with Crippen LogP contribution in [0.1, 0.15) is 54.9 Å². The SMILES string of the molecule is CC(C)c1cc(-c2ncoc2-c2cccc(CN3CCCC3)c2)c(OCc2ccccc2)cc1OCc1ccccc1. The summed E-state index contributed by atoms with van der Waals surface area (Å²) in [6.45, 7) is 8.57. The van der Waals surface area contributed by atoms with Gasteiger partial charge in [-0.3, -0.25) is 4.90 Å². The van der Waals surface area contributed by atoms with Crippen LogP contribution >= 0.6 is 0 Å². The molecule has 0 spiro atoms. The molecule has 42 heavy (non-hydrogen) atoms. The Morgan fingerprint density at radius 3 is 2.05 bits per heavy atom. The quantitative estimate of drug-likeness (QED) is 0.162. The molecule has 214 valence electrons. The lowest BCUT2D eigenvalue weighted by molar-refractivity contribution is 0.288. The fraction of sp³-hybridized carbons (Fsp3) is 0.270. The van der Waals surface area contributed by atoms with Crippen molar-refractivity contribution in [2.75, 3.05) is 13.1 Å². The summed E-state index contributed by atoms with van der Waals surface area (Å²) in [4.78, 5) is 7.25. The maximum absolute atomic E-state index is 6.51. The van der Waals surface area contributed by atoms with Crippen LogP contribution in [0.5, 0.6) is 11.5 Å². The Bertz CT molecular complexity index is 1590. The second kappa shape index (κ2) is 13.1. The summed E-state index contributed by atoms with van der Waals surface area (Å²) >= 11 is 0. The molecule has 1 aromatic heterocycles. The molecule has 0 radical (unpaired) electrons. The van der Waals surface area contributed by atoms with E-state index < -0.39 is 0 Å². The van der Waals surface area contributed by atoms with E-state index >= 15 is 0 Å². The highest BCUT2D eigenvalue weighted by Crippen LogP contribution is 2.42. The Kier molecular flexibility index (Phi) is 8.67. The molecule has 5 heteroatoms. The summed E-state index contributed by atoms with van der Waals surface area (Å²) in [7, 11) is 0. The van der Waals surface area contributed by atoms with E-state index in [1.165, 1.54) is 24.8 Å². The van der Waals surface area contributed by atoms with Crippen molar-refractivity contribution in [3.05, 3.63) is 126 Å². The Hall–Kier alpha value is -4.35. The largest absolute Gasteiger partial charge is 0.488 e. The zero-order valence-corrected chi connectivity index (χ0v) is 24.5. The first-order chi connectivity index (χ1) is 20.6. The van der Waals surface area contributed by atoms with Gasteiger partial charge in [-0.25, -0.2) is 4.98 Å². The summed E-state index contributed by atoms with van der Waals surface area (Å²) in [6.07, 6.45) is 4.09. The molecule has 4 aromatic carbocycles. The van der Waals surface area contributed by atoms with E-state index in [2.05, 4.69) is 73.3 Å². The van der Waals surface area contributed by atoms with Crippen molar-refractivity contribution in [1.29, 1.82) is 0 Å². The van der Waals surface area contributed by atoms with Crippen LogP contribution in [-0.4, -0.2) is 23.0 Å². The van der Waals surface area contributed by atoms with Crippen LogP contribution in [0, 0.1) is 0 Å². The minimum absolute atomic E-state index is 0.233. The maximum atomic E-state index is 6.51. The molecule has 1 saturated heterocycles. The molecule has 0 bridgehead atoms. The Labute approximate surface area is 248 Å². The van der Waals surface area contributed by atoms with E-state index in [1.54, 1.807) is 0 Å². The fourth-order valence-electron chi connectivity index (χ4n) is 5.58. The number of oxazole rings is 1. The molecule has 0 amide bonds. The molecule has 0 aliphatic carbocycles. The number of aromatic nitrogens is 1. The number of ether oxygens (including phenoxy) is 2. The number of rotatable bonds is 11. The third kappa shape index (κ3) is 6.58. The molecule has 0 N–H and O–H groups in total. The van der Waals surface area contributed by atoms with Crippen LogP contribution in [0.15, 0.2) is 108 Å². The first-order valence-corrected chi connectivity index (χ1v) is 14.9. The van der Waals surface area contributed by atoms with Crippen LogP contribution in [0.25, 0.3) is 22.6 Å². The number of nitrogens with zero attached hydrogens (tertiary/aromatic N) is 2. The molecule has 0 saturated carbocycles. The van der Waals surface area contributed by atoms with Gasteiger partial charge in [0.2, 0.25) is 0 Å². The van der Waals surface area contributed by atoms with E-state index in [1.807, 2.05) is 42.5 Å². The van der Waals surface area contributed by atoms with Crippen molar-refractivity contribution in [3.63, 3.8) is 0 Å². The van der Waals surface area contributed by atoms with Crippen LogP contribution in [0.4, 0.5) is 0 Å². The zero-order valence-electron chi connectivity index (χ0n) is 24.5. The van der Waals surface area contributed by atoms with Gasteiger partial charge in [0.1, 0.15) is 30.4 Å². The van der Waals surface area contributed by atoms with E-state index in [4.69, 9.17) is 18.9 Å². The third-order valence-corrected chi connectivity index (χ3v) is 7.82. The van der Waals surface area contributed by atoms with Gasteiger partial charge in [0.05, 0.1) is 0 Å². The molecular weight excluding hydrogens is 520 g/mol. The third-order valence-electron chi connectivity index (χ3n) is 7.82. The highest BCUT2D eigenvalue weighted by Gasteiger charge is 2.22. The summed E-state index contributed by atoms with van der Waals surface area (Å²) < 4.78 is 19.0. The zero-order chi connectivity index (χ0) is 28.7. The van der Waals surface area contributed by atoms with Gasteiger partial charge in [-0.1, -0.05) is 92.7 Å². The normalized spacial score (nSPS) is 13.5. The molecule has 2 heterocycles. The molecular formula is C37H38N2O3. The van der Waals surface area contributed by atoms with Crippen molar-refractivity contribution in [2.24, 2.45) is 0 Å². The number of likely N-dealkylation sites (tertiary alicyclic amines) is 1. The predicted octanol–water partition coefficient (Wildman–Crippen LogP) is 8.89. The van der Waals surface area contributed by atoms with Gasteiger partial charge in [0.15, 0.2) is 12.2 Å². The molecule has 0 unspecified atom stereocenters. The Morgan fingerprint density at radius 1 is 0.738 bits per heavy atom. The maximum Gasteiger partial charge on any atom is 0.182 e. The second-order valence-corrected chi connectivity index (χ2v) is 11.3. The van der Waals surface area contributed by atoms with Gasteiger partial charge in [-0.2, -0.15) is 0 Å². The standard InChI is InChI=1S/C37H38N2O3/c1-27(2)32-21-33(36-37(42-26-38-36)31-17-11-16-30(20-31)23-39-18-9-10-19-39)35(41-25-29-14-7-4-8-15-29)22-34(32)40-24-28-12-5-3-6-13-28/h3-8,11-17,20-22,26-27H,9-10,18-19,23-25H2,1-2H3. The van der Waals surface area contributed by atoms with Crippen molar-refractivity contribution < 1.29 is 13.9 Å². The van der Waals surface area contributed by atoms with Gasteiger partial charge < -0.3 is 13.9 Å². The van der Waals surface area contributed by atoms with Crippen LogP contribution < -0.4 is 9.47 Å². The minimum atomic E-state index is 0.233. The fourth-order valence-corrected chi connectivity index (χ4v) is 5.58. The van der Waals surface area contributed by atoms with Crippen molar-refractivity contribution >= 4 is 0 Å². The lowest BCUT2D eigenvalue weighted by Crippen LogP contribution is -2.18. The molecule has 1 fully saturated rings. The van der Waals surface area contributed by atoms with Gasteiger partial charge in [-0.15, -0.1) is 0 Å². The number of hydrogen-bond donors (Lipinski definition) is 0. The predicted molar refractivity (Wildman–Crippen MR) is 168 cm³/mol. The van der Waals surface area contributed by atoms with Crippen molar-refractivity contribution in [2.45, 2.75) is 52.4 Å². The molecule has 6 rings (SSSR count). The Morgan fingerprint density at radius 2 is 1.38 bits per heavy atom. The topological polar surface area (TPSA) is 47.7 Å². The summed E-state index contributed by atoms with van der Waals surface area (Å²) in [5.41, 5.74) is 7.29. The first kappa shape index (κ1) is 27.8. The van der Waals surface area contributed by atoms with E-state index in [0.717, 1.165) is 70.4 Å². The highest BCUT2D eigenvalue weighted by atomic mass is 16.5. The number of benzene rings is 4. The van der Waals surface area contributed by atoms with Crippen molar-refractivity contribution in [3.8, 4) is 34.1 Å². The second-order valence-electron chi connectivity index (χ2n) is 11.3. The molecule has 1 aliphatic heterocycles. The lowest BCUT2D eigenvalue weighted by Gasteiger charge is -2.19. The molecule has 5 aromatic rings. The molecule has 1 aliphatic rings. The number of hydrogen-bond acceptors (Lipinski definition) is 5. The van der Waals surface area contributed by atoms with Gasteiger partial charge in [0.25, 0.3) is 0 Å². The highest BCUT2D eigenvalue weighted by molar-refractivity contribution is 5.81. The van der Waals surface area contributed by atoms with E-state index in [9.17, 15) is 0 Å². The van der Waals surface area contributed by atoms with Crippen LogP contribution in [0.2, 0.25) is 0 Å². The molecule has 5 nitrogen and oxygen atoms in total. The van der Waals surface area contributed by atoms with Gasteiger partial charge in [0, 0.05) is 23.7 Å². The average molecular weight is 559 g/mol. The average Bonchev–Trinajstić information content (AvgIpc) is 3.73. The minimum Gasteiger partial charge on any atom is -0.488 e. The van der Waals surface area contributed by atoms with E-state index in [0.29, 0.717) is 13.2 Å². The van der Waals surface area contributed by atoms with Gasteiger partial charge >= 0.3 is 0 Å². The van der Waals surface area contributed by atoms with Crippen LogP contribution in [-0.2, 0) is 19.8 Å². The lowest BCUT2D eigenvalue weighted by atomic mass is 9.95. The Balaban J connectivity index is 1.37. The monoisotopic (exact) mass is 558 g/mol. The van der Waals surface area contributed by atoms with E-state index in [-0.39, 0.29) is 5.92 Å². The van der Waals surface area contributed by atoms with Crippen LogP contribution in [0.3, 0.4) is 0 Å². The first-order valence-electron chi connectivity index (χ1n) is 14.9.